The molecule has 2 saturated heterocycles. The van der Waals surface area contributed by atoms with Gasteiger partial charge in [0.05, 0.1) is 24.9 Å². The Hall–Kier alpha value is -1.60. The lowest BCUT2D eigenvalue weighted by molar-refractivity contribution is -0.135. The molecule has 1 N–H and O–H groups in total. The van der Waals surface area contributed by atoms with Crippen LogP contribution in [-0.4, -0.2) is 71.6 Å². The number of morpholine rings is 1. The first-order valence-electron chi connectivity index (χ1n) is 8.85. The summed E-state index contributed by atoms with van der Waals surface area (Å²) in [6, 6.07) is 2.21. The Morgan fingerprint density at radius 3 is 2.75 bits per heavy atom. The summed E-state index contributed by atoms with van der Waals surface area (Å²) in [4.78, 5) is 17.4. The minimum absolute atomic E-state index is 0.112. The first kappa shape index (κ1) is 17.2. The lowest BCUT2D eigenvalue weighted by Crippen LogP contribution is -2.61. The highest BCUT2D eigenvalue weighted by molar-refractivity contribution is 5.85. The Labute approximate surface area is 143 Å². The highest BCUT2D eigenvalue weighted by atomic mass is 16.5. The van der Waals surface area contributed by atoms with Crippen LogP contribution in [0, 0.1) is 0 Å². The van der Waals surface area contributed by atoms with Gasteiger partial charge >= 0.3 is 0 Å². The third-order valence-electron chi connectivity index (χ3n) is 5.23. The third kappa shape index (κ3) is 3.57. The summed E-state index contributed by atoms with van der Waals surface area (Å²) in [6.07, 6.45) is 3.92. The number of rotatable bonds is 4. The van der Waals surface area contributed by atoms with E-state index in [0.29, 0.717) is 13.2 Å². The van der Waals surface area contributed by atoms with Crippen molar-refractivity contribution in [2.45, 2.75) is 38.3 Å². The third-order valence-corrected chi connectivity index (χ3v) is 5.23. The van der Waals surface area contributed by atoms with Crippen LogP contribution in [0.5, 0.6) is 0 Å². The second-order valence-corrected chi connectivity index (χ2v) is 7.23. The van der Waals surface area contributed by atoms with Crippen LogP contribution in [0.1, 0.15) is 26.7 Å². The van der Waals surface area contributed by atoms with Crippen LogP contribution in [0.25, 0.3) is 0 Å². The number of carbonyl (C=O) groups excluding carboxylic acids is 1. The molecule has 1 amide bonds. The standard InChI is InChI=1S/C17H29N5O2/c1-17(2,22-9-11-24-12-10-22)16(23)19-14-5-4-8-21(13-14)15-6-7-18-20(15)3/h6-7,14H,4-5,8-13H2,1-3H3,(H,19,23)/t14-/m1/s1. The highest BCUT2D eigenvalue weighted by Gasteiger charge is 2.37. The van der Waals surface area contributed by atoms with Crippen molar-refractivity contribution in [2.75, 3.05) is 44.3 Å². The van der Waals surface area contributed by atoms with Gasteiger partial charge in [-0.3, -0.25) is 14.4 Å². The van der Waals surface area contributed by atoms with Gasteiger partial charge in [0.1, 0.15) is 5.82 Å². The number of nitrogens with one attached hydrogen (secondary N) is 1. The van der Waals surface area contributed by atoms with Crippen molar-refractivity contribution in [3.8, 4) is 0 Å². The number of piperidine rings is 1. The zero-order chi connectivity index (χ0) is 17.2. The predicted octanol–water partition coefficient (Wildman–Crippen LogP) is 0.616. The van der Waals surface area contributed by atoms with Crippen molar-refractivity contribution in [1.82, 2.24) is 20.0 Å². The number of hydrogen-bond donors (Lipinski definition) is 1. The molecule has 0 spiro atoms. The van der Waals surface area contributed by atoms with Gasteiger partial charge in [0.15, 0.2) is 0 Å². The van der Waals surface area contributed by atoms with Gasteiger partial charge in [-0.15, -0.1) is 0 Å². The van der Waals surface area contributed by atoms with Gasteiger partial charge in [-0.2, -0.15) is 5.10 Å². The first-order valence-corrected chi connectivity index (χ1v) is 8.85. The maximum Gasteiger partial charge on any atom is 0.240 e. The fourth-order valence-corrected chi connectivity index (χ4v) is 3.61. The summed E-state index contributed by atoms with van der Waals surface area (Å²) in [6.45, 7) is 8.90. The molecule has 1 atom stereocenters. The average Bonchev–Trinajstić information content (AvgIpc) is 3.02. The van der Waals surface area contributed by atoms with E-state index in [9.17, 15) is 4.79 Å². The minimum atomic E-state index is -0.501. The second-order valence-electron chi connectivity index (χ2n) is 7.23. The van der Waals surface area contributed by atoms with E-state index in [4.69, 9.17) is 4.74 Å². The van der Waals surface area contributed by atoms with Gasteiger partial charge in [-0.1, -0.05) is 0 Å². The van der Waals surface area contributed by atoms with E-state index in [-0.39, 0.29) is 11.9 Å². The Kier molecular flexibility index (Phi) is 5.10. The van der Waals surface area contributed by atoms with E-state index in [2.05, 4.69) is 20.2 Å². The summed E-state index contributed by atoms with van der Waals surface area (Å²) < 4.78 is 7.29. The molecule has 0 saturated carbocycles. The molecular weight excluding hydrogens is 306 g/mol. The quantitative estimate of drug-likeness (QED) is 0.874. The van der Waals surface area contributed by atoms with E-state index in [0.717, 1.165) is 44.8 Å². The molecule has 2 fully saturated rings. The van der Waals surface area contributed by atoms with Crippen molar-refractivity contribution in [2.24, 2.45) is 7.05 Å². The summed E-state index contributed by atoms with van der Waals surface area (Å²) >= 11 is 0. The molecule has 134 valence electrons. The van der Waals surface area contributed by atoms with Crippen molar-refractivity contribution in [3.05, 3.63) is 12.3 Å². The van der Waals surface area contributed by atoms with Crippen LogP contribution in [0.4, 0.5) is 5.82 Å². The molecule has 24 heavy (non-hydrogen) atoms. The number of carbonyl (C=O) groups is 1. The normalized spacial score (nSPS) is 23.3. The minimum Gasteiger partial charge on any atom is -0.379 e. The van der Waals surface area contributed by atoms with Gasteiger partial charge in [0, 0.05) is 45.3 Å². The Bertz CT molecular complexity index is 565. The molecule has 0 unspecified atom stereocenters. The maximum atomic E-state index is 12.9. The van der Waals surface area contributed by atoms with Crippen LogP contribution >= 0.6 is 0 Å². The van der Waals surface area contributed by atoms with Crippen LogP contribution in [0.3, 0.4) is 0 Å². The lowest BCUT2D eigenvalue weighted by atomic mass is 9.98. The second kappa shape index (κ2) is 7.11. The molecule has 7 heteroatoms. The zero-order valence-corrected chi connectivity index (χ0v) is 15.0. The highest BCUT2D eigenvalue weighted by Crippen LogP contribution is 2.21. The number of hydrogen-bond acceptors (Lipinski definition) is 5. The van der Waals surface area contributed by atoms with Crippen LogP contribution in [-0.2, 0) is 16.6 Å². The number of aromatic nitrogens is 2. The summed E-state index contributed by atoms with van der Waals surface area (Å²) in [5.41, 5.74) is -0.501. The summed E-state index contributed by atoms with van der Waals surface area (Å²) in [5.74, 6) is 1.22. The Morgan fingerprint density at radius 2 is 2.08 bits per heavy atom. The van der Waals surface area contributed by atoms with Crippen molar-refractivity contribution >= 4 is 11.7 Å². The van der Waals surface area contributed by atoms with E-state index in [1.54, 1.807) is 0 Å². The van der Waals surface area contributed by atoms with Gasteiger partial charge in [0.2, 0.25) is 5.91 Å². The molecule has 0 radical (unpaired) electrons. The SMILES string of the molecule is Cn1nccc1N1CCC[C@@H](NC(=O)C(C)(C)N2CCOCC2)C1. The van der Waals surface area contributed by atoms with Gasteiger partial charge in [0.25, 0.3) is 0 Å². The molecule has 0 bridgehead atoms. The van der Waals surface area contributed by atoms with Crippen molar-refractivity contribution < 1.29 is 9.53 Å². The number of ether oxygens (including phenoxy) is 1. The van der Waals surface area contributed by atoms with E-state index in [1.807, 2.05) is 37.8 Å². The van der Waals surface area contributed by atoms with E-state index < -0.39 is 5.54 Å². The molecule has 0 aromatic carbocycles. The van der Waals surface area contributed by atoms with Gasteiger partial charge < -0.3 is 15.0 Å². The molecule has 1 aromatic heterocycles. The lowest BCUT2D eigenvalue weighted by Gasteiger charge is -2.41. The molecule has 2 aliphatic heterocycles. The predicted molar refractivity (Wildman–Crippen MR) is 93.1 cm³/mol. The molecule has 7 nitrogen and oxygen atoms in total. The van der Waals surface area contributed by atoms with Crippen molar-refractivity contribution in [3.63, 3.8) is 0 Å². The van der Waals surface area contributed by atoms with Crippen LogP contribution in [0.15, 0.2) is 12.3 Å². The van der Waals surface area contributed by atoms with E-state index in [1.165, 1.54) is 0 Å². The molecular formula is C17H29N5O2. The van der Waals surface area contributed by atoms with Crippen LogP contribution in [0.2, 0.25) is 0 Å². The zero-order valence-electron chi connectivity index (χ0n) is 15.0. The topological polar surface area (TPSA) is 62.6 Å². The smallest absolute Gasteiger partial charge is 0.240 e. The fourth-order valence-electron chi connectivity index (χ4n) is 3.61. The number of amides is 1. The number of nitrogens with zero attached hydrogens (tertiary/aromatic N) is 4. The molecule has 3 heterocycles. The molecule has 3 rings (SSSR count). The Balaban J connectivity index is 1.60. The first-order chi connectivity index (χ1) is 11.5. The van der Waals surface area contributed by atoms with Crippen molar-refractivity contribution in [1.29, 1.82) is 0 Å². The molecule has 1 aromatic rings. The maximum absolute atomic E-state index is 12.9. The van der Waals surface area contributed by atoms with E-state index >= 15 is 0 Å². The molecule has 0 aliphatic carbocycles. The average molecular weight is 335 g/mol. The largest absolute Gasteiger partial charge is 0.379 e. The molecule has 2 aliphatic rings. The number of anilines is 1. The van der Waals surface area contributed by atoms with Gasteiger partial charge in [-0.25, -0.2) is 0 Å². The number of aryl methyl sites for hydroxylation is 1. The summed E-state index contributed by atoms with van der Waals surface area (Å²) in [5, 5.41) is 7.52. The van der Waals surface area contributed by atoms with Gasteiger partial charge in [-0.05, 0) is 26.7 Å². The fraction of sp³-hybridized carbons (Fsp3) is 0.765. The summed E-state index contributed by atoms with van der Waals surface area (Å²) in [7, 11) is 1.96. The Morgan fingerprint density at radius 1 is 1.33 bits per heavy atom. The monoisotopic (exact) mass is 335 g/mol. The van der Waals surface area contributed by atoms with Crippen LogP contribution < -0.4 is 10.2 Å².